The summed E-state index contributed by atoms with van der Waals surface area (Å²) in [7, 11) is 0. The van der Waals surface area contributed by atoms with Crippen molar-refractivity contribution in [3.05, 3.63) is 108 Å². The van der Waals surface area contributed by atoms with Crippen LogP contribution in [0.25, 0.3) is 21.9 Å². The molecule has 1 fully saturated rings. The Kier molecular flexibility index (Phi) is 4.77. The van der Waals surface area contributed by atoms with E-state index in [1.807, 2.05) is 17.0 Å². The van der Waals surface area contributed by atoms with Gasteiger partial charge in [-0.05, 0) is 38.6 Å². The molecule has 1 aliphatic heterocycles. The highest BCUT2D eigenvalue weighted by atomic mass is 16.2. The van der Waals surface area contributed by atoms with Gasteiger partial charge in [-0.3, -0.25) is 9.69 Å². The molecule has 3 heteroatoms. The number of piperazine rings is 1. The fourth-order valence-corrected chi connectivity index (χ4v) is 5.39. The van der Waals surface area contributed by atoms with E-state index in [2.05, 4.69) is 83.8 Å². The minimum atomic E-state index is 0.229. The normalized spacial score (nSPS) is 16.2. The van der Waals surface area contributed by atoms with Crippen molar-refractivity contribution in [1.29, 1.82) is 0 Å². The van der Waals surface area contributed by atoms with E-state index in [9.17, 15) is 4.79 Å². The van der Waals surface area contributed by atoms with Crippen molar-refractivity contribution in [2.45, 2.75) is 12.5 Å². The number of amides is 1. The van der Waals surface area contributed by atoms with Crippen LogP contribution in [-0.2, 0) is 11.2 Å². The number of nitrogens with zero attached hydrogens (tertiary/aromatic N) is 2. The number of carbonyl (C=O) groups is 1. The molecular weight excluding hydrogens is 392 g/mol. The van der Waals surface area contributed by atoms with E-state index in [0.29, 0.717) is 12.5 Å². The Balaban J connectivity index is 1.16. The van der Waals surface area contributed by atoms with Crippen molar-refractivity contribution in [3.8, 4) is 11.1 Å². The SMILES string of the molecule is O=C(Cc1ccc2ccccc2c1)N1CCN(C2c3ccccc3-c3ccccc32)CC1. The molecule has 0 atom stereocenters. The molecule has 1 saturated heterocycles. The molecule has 32 heavy (non-hydrogen) atoms. The third-order valence-corrected chi connectivity index (χ3v) is 7.00. The highest BCUT2D eigenvalue weighted by Gasteiger charge is 2.34. The predicted molar refractivity (Wildman–Crippen MR) is 130 cm³/mol. The molecule has 0 spiro atoms. The van der Waals surface area contributed by atoms with Crippen LogP contribution in [-0.4, -0.2) is 41.9 Å². The number of hydrogen-bond acceptors (Lipinski definition) is 2. The van der Waals surface area contributed by atoms with Crippen LogP contribution in [0.4, 0.5) is 0 Å². The fourth-order valence-electron chi connectivity index (χ4n) is 5.39. The Bertz CT molecular complexity index is 1260. The van der Waals surface area contributed by atoms with Gasteiger partial charge in [-0.2, -0.15) is 0 Å². The molecule has 0 unspecified atom stereocenters. The molecule has 0 radical (unpaired) electrons. The van der Waals surface area contributed by atoms with Crippen LogP contribution < -0.4 is 0 Å². The third kappa shape index (κ3) is 3.30. The molecule has 2 aliphatic rings. The summed E-state index contributed by atoms with van der Waals surface area (Å²) in [6, 6.07) is 32.5. The van der Waals surface area contributed by atoms with Gasteiger partial charge in [0.1, 0.15) is 0 Å². The summed E-state index contributed by atoms with van der Waals surface area (Å²) in [5.74, 6) is 0.229. The molecule has 3 nitrogen and oxygen atoms in total. The van der Waals surface area contributed by atoms with Gasteiger partial charge in [0.2, 0.25) is 5.91 Å². The second-order valence-electron chi connectivity index (χ2n) is 8.85. The molecule has 0 saturated carbocycles. The number of benzene rings is 4. The number of rotatable bonds is 3. The molecule has 1 heterocycles. The Hall–Kier alpha value is -3.43. The minimum absolute atomic E-state index is 0.229. The summed E-state index contributed by atoms with van der Waals surface area (Å²) in [4.78, 5) is 17.6. The zero-order valence-electron chi connectivity index (χ0n) is 18.1. The van der Waals surface area contributed by atoms with Crippen molar-refractivity contribution in [3.63, 3.8) is 0 Å². The lowest BCUT2D eigenvalue weighted by Crippen LogP contribution is -2.50. The van der Waals surface area contributed by atoms with E-state index in [-0.39, 0.29) is 5.91 Å². The van der Waals surface area contributed by atoms with Crippen LogP contribution >= 0.6 is 0 Å². The lowest BCUT2D eigenvalue weighted by Gasteiger charge is -2.38. The molecule has 1 amide bonds. The Morgan fingerprint density at radius 3 is 1.97 bits per heavy atom. The molecule has 6 rings (SSSR count). The molecule has 0 aromatic heterocycles. The molecule has 4 aromatic rings. The lowest BCUT2D eigenvalue weighted by atomic mass is 10.0. The quantitative estimate of drug-likeness (QED) is 0.451. The molecule has 0 N–H and O–H groups in total. The van der Waals surface area contributed by atoms with Gasteiger partial charge in [-0.15, -0.1) is 0 Å². The van der Waals surface area contributed by atoms with E-state index in [1.54, 1.807) is 0 Å². The maximum absolute atomic E-state index is 13.0. The van der Waals surface area contributed by atoms with Gasteiger partial charge >= 0.3 is 0 Å². The van der Waals surface area contributed by atoms with Crippen molar-refractivity contribution in [2.24, 2.45) is 0 Å². The van der Waals surface area contributed by atoms with Gasteiger partial charge in [0, 0.05) is 26.2 Å². The van der Waals surface area contributed by atoms with E-state index < -0.39 is 0 Å². The molecule has 1 aliphatic carbocycles. The second-order valence-corrected chi connectivity index (χ2v) is 8.85. The predicted octanol–water partition coefficient (Wildman–Crippen LogP) is 5.30. The third-order valence-electron chi connectivity index (χ3n) is 7.00. The van der Waals surface area contributed by atoms with Gasteiger partial charge in [-0.1, -0.05) is 91.0 Å². The van der Waals surface area contributed by atoms with Crippen molar-refractivity contribution < 1.29 is 4.79 Å². The van der Waals surface area contributed by atoms with E-state index in [1.165, 1.54) is 33.0 Å². The second kappa shape index (κ2) is 7.92. The summed E-state index contributed by atoms with van der Waals surface area (Å²) in [6.45, 7) is 3.37. The molecular formula is C29H26N2O. The first kappa shape index (κ1) is 19.3. The van der Waals surface area contributed by atoms with Crippen LogP contribution in [0.15, 0.2) is 91.0 Å². The van der Waals surface area contributed by atoms with E-state index >= 15 is 0 Å². The number of carbonyl (C=O) groups excluding carboxylic acids is 1. The Morgan fingerprint density at radius 1 is 0.688 bits per heavy atom. The van der Waals surface area contributed by atoms with Crippen LogP contribution in [0, 0.1) is 0 Å². The molecule has 4 aromatic carbocycles. The summed E-state index contributed by atoms with van der Waals surface area (Å²) < 4.78 is 0. The largest absolute Gasteiger partial charge is 0.340 e. The molecule has 158 valence electrons. The first-order valence-electron chi connectivity index (χ1n) is 11.5. The molecule has 0 bridgehead atoms. The van der Waals surface area contributed by atoms with Crippen molar-refractivity contribution in [2.75, 3.05) is 26.2 Å². The van der Waals surface area contributed by atoms with Crippen LogP contribution in [0.2, 0.25) is 0 Å². The first-order chi connectivity index (χ1) is 15.8. The monoisotopic (exact) mass is 418 g/mol. The Morgan fingerprint density at radius 2 is 1.28 bits per heavy atom. The van der Waals surface area contributed by atoms with E-state index in [0.717, 1.165) is 31.7 Å². The zero-order chi connectivity index (χ0) is 21.5. The zero-order valence-corrected chi connectivity index (χ0v) is 18.1. The minimum Gasteiger partial charge on any atom is -0.340 e. The van der Waals surface area contributed by atoms with Crippen LogP contribution in [0.5, 0.6) is 0 Å². The topological polar surface area (TPSA) is 23.6 Å². The van der Waals surface area contributed by atoms with Crippen molar-refractivity contribution >= 4 is 16.7 Å². The van der Waals surface area contributed by atoms with Gasteiger partial charge in [0.25, 0.3) is 0 Å². The Labute approximate surface area is 188 Å². The maximum atomic E-state index is 13.0. The summed E-state index contributed by atoms with van der Waals surface area (Å²) >= 11 is 0. The van der Waals surface area contributed by atoms with Crippen LogP contribution in [0.3, 0.4) is 0 Å². The lowest BCUT2D eigenvalue weighted by molar-refractivity contribution is -0.132. The van der Waals surface area contributed by atoms with Gasteiger partial charge in [0.05, 0.1) is 12.5 Å². The number of fused-ring (bicyclic) bond motifs is 4. The smallest absolute Gasteiger partial charge is 0.227 e. The highest BCUT2D eigenvalue weighted by molar-refractivity contribution is 5.85. The number of hydrogen-bond donors (Lipinski definition) is 0. The maximum Gasteiger partial charge on any atom is 0.227 e. The van der Waals surface area contributed by atoms with Gasteiger partial charge in [0.15, 0.2) is 0 Å². The first-order valence-corrected chi connectivity index (χ1v) is 11.5. The van der Waals surface area contributed by atoms with Gasteiger partial charge < -0.3 is 4.90 Å². The van der Waals surface area contributed by atoms with Crippen molar-refractivity contribution in [1.82, 2.24) is 9.80 Å². The van der Waals surface area contributed by atoms with Crippen LogP contribution in [0.1, 0.15) is 22.7 Å². The standard InChI is InChI=1S/C29H26N2O/c32-28(20-21-13-14-22-7-1-2-8-23(22)19-21)30-15-17-31(18-16-30)29-26-11-5-3-9-24(26)25-10-4-6-12-27(25)29/h1-14,19,29H,15-18,20H2. The van der Waals surface area contributed by atoms with E-state index in [4.69, 9.17) is 0 Å². The van der Waals surface area contributed by atoms with Gasteiger partial charge in [-0.25, -0.2) is 0 Å². The summed E-state index contributed by atoms with van der Waals surface area (Å²) in [5, 5.41) is 2.41. The summed E-state index contributed by atoms with van der Waals surface area (Å²) in [6.07, 6.45) is 0.472. The average molecular weight is 419 g/mol. The highest BCUT2D eigenvalue weighted by Crippen LogP contribution is 2.46. The summed E-state index contributed by atoms with van der Waals surface area (Å²) in [5.41, 5.74) is 6.58. The average Bonchev–Trinajstić information content (AvgIpc) is 3.18. The fraction of sp³-hybridized carbons (Fsp3) is 0.207.